The molecular formula is C29H42O2. The van der Waals surface area contributed by atoms with E-state index in [4.69, 9.17) is 4.74 Å². The van der Waals surface area contributed by atoms with E-state index < -0.39 is 0 Å². The zero-order valence-electron chi connectivity index (χ0n) is 21.3. The summed E-state index contributed by atoms with van der Waals surface area (Å²) < 4.78 is 6.29. The van der Waals surface area contributed by atoms with E-state index in [1.165, 1.54) is 27.8 Å². The summed E-state index contributed by atoms with van der Waals surface area (Å²) in [6.45, 7) is 22.0. The summed E-state index contributed by atoms with van der Waals surface area (Å²) in [6.07, 6.45) is 0. The topological polar surface area (TPSA) is 26.3 Å². The van der Waals surface area contributed by atoms with Crippen molar-refractivity contribution in [3.05, 3.63) is 63.7 Å². The van der Waals surface area contributed by atoms with E-state index in [1.807, 2.05) is 12.1 Å². The Bertz CT molecular complexity index is 846. The Kier molecular flexibility index (Phi) is 8.51. The predicted octanol–water partition coefficient (Wildman–Crippen LogP) is 8.57. The Morgan fingerprint density at radius 2 is 1.00 bits per heavy atom. The van der Waals surface area contributed by atoms with Crippen molar-refractivity contribution in [3.63, 3.8) is 0 Å². The molecule has 0 amide bonds. The van der Waals surface area contributed by atoms with Gasteiger partial charge in [0.05, 0.1) is 0 Å². The van der Waals surface area contributed by atoms with E-state index >= 15 is 0 Å². The van der Waals surface area contributed by atoms with Gasteiger partial charge in [-0.05, 0) is 69.5 Å². The molecule has 0 radical (unpaired) electrons. The van der Waals surface area contributed by atoms with Crippen molar-refractivity contribution in [3.8, 4) is 5.75 Å². The van der Waals surface area contributed by atoms with Gasteiger partial charge in [-0.3, -0.25) is 4.79 Å². The number of ketones is 1. The van der Waals surface area contributed by atoms with Gasteiger partial charge in [-0.2, -0.15) is 0 Å². The van der Waals surface area contributed by atoms with Gasteiger partial charge in [0.1, 0.15) is 5.75 Å². The maximum Gasteiger partial charge on any atom is 0.200 e. The molecule has 0 aliphatic rings. The molecule has 0 spiro atoms. The fraction of sp³-hybridized carbons (Fsp3) is 0.552. The first-order valence-electron chi connectivity index (χ1n) is 11.9. The number of ether oxygens (including phenoxy) is 1. The van der Waals surface area contributed by atoms with Crippen LogP contribution in [0.15, 0.2) is 30.3 Å². The second-order valence-corrected chi connectivity index (χ2v) is 10.4. The summed E-state index contributed by atoms with van der Waals surface area (Å²) in [7, 11) is 0. The van der Waals surface area contributed by atoms with Crippen molar-refractivity contribution in [2.45, 2.75) is 98.8 Å². The molecule has 2 nitrogen and oxygen atoms in total. The van der Waals surface area contributed by atoms with E-state index in [0.29, 0.717) is 29.6 Å². The maximum absolute atomic E-state index is 13.2. The quantitative estimate of drug-likeness (QED) is 0.378. The third kappa shape index (κ3) is 6.21. The number of rotatable bonds is 9. The van der Waals surface area contributed by atoms with E-state index in [0.717, 1.165) is 11.3 Å². The molecule has 0 aliphatic carbocycles. The Morgan fingerprint density at radius 3 is 1.35 bits per heavy atom. The summed E-state index contributed by atoms with van der Waals surface area (Å²) in [5.74, 6) is 2.83. The smallest absolute Gasteiger partial charge is 0.200 e. The number of hydrogen-bond donors (Lipinski definition) is 0. The molecule has 2 rings (SSSR count). The van der Waals surface area contributed by atoms with Crippen molar-refractivity contribution in [1.82, 2.24) is 0 Å². The van der Waals surface area contributed by atoms with Crippen molar-refractivity contribution in [2.24, 2.45) is 0 Å². The highest BCUT2D eigenvalue weighted by atomic mass is 16.5. The highest BCUT2D eigenvalue weighted by Gasteiger charge is 2.20. The van der Waals surface area contributed by atoms with Crippen LogP contribution in [0.5, 0.6) is 5.75 Å². The van der Waals surface area contributed by atoms with Crippen LogP contribution >= 0.6 is 0 Å². The van der Waals surface area contributed by atoms with Crippen LogP contribution in [0.25, 0.3) is 0 Å². The van der Waals surface area contributed by atoms with Gasteiger partial charge in [-0.15, -0.1) is 0 Å². The second kappa shape index (κ2) is 10.5. The second-order valence-electron chi connectivity index (χ2n) is 10.4. The van der Waals surface area contributed by atoms with Crippen molar-refractivity contribution < 1.29 is 9.53 Å². The highest BCUT2D eigenvalue weighted by Crippen LogP contribution is 2.38. The number of hydrogen-bond acceptors (Lipinski definition) is 2. The standard InChI is InChI=1S/C29H42O2/c1-17(2)22-11-23(18(3)4)13-25(12-22)28(30)16-31-29-26(20(7)8)14-24(19(5)6)15-27(29)21(9)10/h11-15,17-21H,16H2,1-10H3. The Hall–Kier alpha value is -2.09. The first-order valence-corrected chi connectivity index (χ1v) is 11.9. The van der Waals surface area contributed by atoms with Crippen LogP contribution in [0, 0.1) is 0 Å². The van der Waals surface area contributed by atoms with Crippen LogP contribution in [-0.2, 0) is 0 Å². The molecule has 31 heavy (non-hydrogen) atoms. The monoisotopic (exact) mass is 422 g/mol. The molecule has 2 heteroatoms. The lowest BCUT2D eigenvalue weighted by Gasteiger charge is -2.23. The average molecular weight is 423 g/mol. The van der Waals surface area contributed by atoms with Gasteiger partial charge in [0.25, 0.3) is 0 Å². The summed E-state index contributed by atoms with van der Waals surface area (Å²) in [6, 6.07) is 10.8. The summed E-state index contributed by atoms with van der Waals surface area (Å²) in [5, 5.41) is 0. The zero-order valence-corrected chi connectivity index (χ0v) is 21.3. The molecule has 170 valence electrons. The molecule has 0 aromatic heterocycles. The Balaban J connectivity index is 2.41. The molecule has 0 aliphatic heterocycles. The molecular weight excluding hydrogens is 380 g/mol. The highest BCUT2D eigenvalue weighted by molar-refractivity contribution is 5.97. The fourth-order valence-electron chi connectivity index (χ4n) is 3.78. The number of carbonyl (C=O) groups excluding carboxylic acids is 1. The first-order chi connectivity index (χ1) is 14.4. The van der Waals surface area contributed by atoms with E-state index in [2.05, 4.69) is 87.4 Å². The average Bonchev–Trinajstić information content (AvgIpc) is 2.70. The van der Waals surface area contributed by atoms with Gasteiger partial charge in [0, 0.05) is 5.56 Å². The van der Waals surface area contributed by atoms with E-state index in [9.17, 15) is 4.79 Å². The summed E-state index contributed by atoms with van der Waals surface area (Å²) >= 11 is 0. The maximum atomic E-state index is 13.2. The number of carbonyl (C=O) groups is 1. The van der Waals surface area contributed by atoms with E-state index in [1.54, 1.807) is 0 Å². The minimum absolute atomic E-state index is 0.0433. The van der Waals surface area contributed by atoms with Gasteiger partial charge in [0.15, 0.2) is 12.4 Å². The van der Waals surface area contributed by atoms with Gasteiger partial charge in [-0.25, -0.2) is 0 Å². The largest absolute Gasteiger partial charge is 0.485 e. The van der Waals surface area contributed by atoms with Crippen LogP contribution in [0.4, 0.5) is 0 Å². The van der Waals surface area contributed by atoms with Crippen LogP contribution < -0.4 is 4.74 Å². The lowest BCUT2D eigenvalue weighted by Crippen LogP contribution is -2.15. The third-order valence-corrected chi connectivity index (χ3v) is 6.06. The van der Waals surface area contributed by atoms with Crippen molar-refractivity contribution in [2.75, 3.05) is 6.61 Å². The molecule has 0 N–H and O–H groups in total. The number of benzene rings is 2. The van der Waals surface area contributed by atoms with Gasteiger partial charge in [-0.1, -0.05) is 87.4 Å². The molecule has 0 saturated carbocycles. The van der Waals surface area contributed by atoms with Gasteiger partial charge < -0.3 is 4.74 Å². The van der Waals surface area contributed by atoms with Crippen molar-refractivity contribution >= 4 is 5.78 Å². The third-order valence-electron chi connectivity index (χ3n) is 6.06. The van der Waals surface area contributed by atoms with Crippen LogP contribution in [0.3, 0.4) is 0 Å². The van der Waals surface area contributed by atoms with Crippen LogP contribution in [0.2, 0.25) is 0 Å². The first kappa shape index (κ1) is 25.2. The normalized spacial score (nSPS) is 12.0. The van der Waals surface area contributed by atoms with Crippen LogP contribution in [0.1, 0.15) is 137 Å². The molecule has 0 fully saturated rings. The molecule has 2 aromatic carbocycles. The molecule has 2 aromatic rings. The summed E-state index contributed by atoms with van der Waals surface area (Å²) in [4.78, 5) is 13.2. The number of Topliss-reactive ketones (excluding diaryl/α,β-unsaturated/α-hetero) is 1. The van der Waals surface area contributed by atoms with Crippen LogP contribution in [-0.4, -0.2) is 12.4 Å². The molecule has 0 heterocycles. The van der Waals surface area contributed by atoms with Gasteiger partial charge in [0.2, 0.25) is 0 Å². The molecule has 0 saturated heterocycles. The van der Waals surface area contributed by atoms with Crippen molar-refractivity contribution in [1.29, 1.82) is 0 Å². The lowest BCUT2D eigenvalue weighted by molar-refractivity contribution is 0.0919. The molecule has 0 bridgehead atoms. The lowest BCUT2D eigenvalue weighted by atomic mass is 9.88. The zero-order chi connectivity index (χ0) is 23.5. The van der Waals surface area contributed by atoms with Gasteiger partial charge >= 0.3 is 0 Å². The van der Waals surface area contributed by atoms with E-state index in [-0.39, 0.29) is 12.4 Å². The minimum Gasteiger partial charge on any atom is -0.485 e. The Labute approximate surface area is 190 Å². The Morgan fingerprint density at radius 1 is 0.613 bits per heavy atom. The molecule has 0 unspecified atom stereocenters. The predicted molar refractivity (Wildman–Crippen MR) is 133 cm³/mol. The fourth-order valence-corrected chi connectivity index (χ4v) is 3.78. The SMILES string of the molecule is CC(C)c1cc(C(=O)COc2c(C(C)C)cc(C(C)C)cc2C(C)C)cc(C(C)C)c1. The minimum atomic E-state index is 0.0433. The summed E-state index contributed by atoms with van der Waals surface area (Å²) in [5.41, 5.74) is 6.90. The molecule has 0 atom stereocenters.